The molecule has 4 heteroatoms. The van der Waals surface area contributed by atoms with Crippen molar-refractivity contribution in [3.05, 3.63) is 18.0 Å². The first-order chi connectivity index (χ1) is 6.69. The lowest BCUT2D eigenvalue weighted by Crippen LogP contribution is -2.16. The van der Waals surface area contributed by atoms with Crippen molar-refractivity contribution < 1.29 is 9.53 Å². The predicted octanol–water partition coefficient (Wildman–Crippen LogP) is 1.68. The van der Waals surface area contributed by atoms with Gasteiger partial charge >= 0.3 is 0 Å². The Morgan fingerprint density at radius 3 is 3.00 bits per heavy atom. The molecule has 0 spiro atoms. The highest BCUT2D eigenvalue weighted by atomic mass is 16.5. The van der Waals surface area contributed by atoms with Gasteiger partial charge in [-0.15, -0.1) is 0 Å². The van der Waals surface area contributed by atoms with Gasteiger partial charge in [0.05, 0.1) is 6.20 Å². The van der Waals surface area contributed by atoms with Crippen molar-refractivity contribution in [2.75, 3.05) is 13.7 Å². The summed E-state index contributed by atoms with van der Waals surface area (Å²) < 4.78 is 6.08. The van der Waals surface area contributed by atoms with Crippen LogP contribution in [0.3, 0.4) is 0 Å². The van der Waals surface area contributed by atoms with Crippen LogP contribution in [-0.4, -0.2) is 29.4 Å². The third kappa shape index (κ3) is 2.42. The van der Waals surface area contributed by atoms with E-state index in [1.807, 2.05) is 0 Å². The number of nitrogens with zero attached hydrogens (tertiary/aromatic N) is 2. The molecule has 0 N–H and O–H groups in total. The molecule has 1 aromatic heterocycles. The van der Waals surface area contributed by atoms with Crippen LogP contribution in [0.1, 0.15) is 36.5 Å². The third-order valence-electron chi connectivity index (χ3n) is 2.31. The Labute approximate surface area is 83.9 Å². The van der Waals surface area contributed by atoms with E-state index in [9.17, 15) is 4.79 Å². The second-order valence-electron chi connectivity index (χ2n) is 3.35. The fraction of sp³-hybridized carbons (Fsp3) is 0.600. The molecule has 78 valence electrons. The van der Waals surface area contributed by atoms with Crippen LogP contribution in [0.25, 0.3) is 0 Å². The first kappa shape index (κ1) is 10.9. The minimum absolute atomic E-state index is 0.0711. The molecular weight excluding hydrogens is 180 g/mol. The van der Waals surface area contributed by atoms with E-state index >= 15 is 0 Å². The normalized spacial score (nSPS) is 12.8. The van der Waals surface area contributed by atoms with Crippen LogP contribution < -0.4 is 0 Å². The van der Waals surface area contributed by atoms with E-state index in [0.29, 0.717) is 5.92 Å². The summed E-state index contributed by atoms with van der Waals surface area (Å²) in [6, 6.07) is 0. The van der Waals surface area contributed by atoms with E-state index in [4.69, 9.17) is 4.74 Å². The van der Waals surface area contributed by atoms with Crippen LogP contribution in [0.5, 0.6) is 0 Å². The van der Waals surface area contributed by atoms with Crippen LogP contribution >= 0.6 is 0 Å². The van der Waals surface area contributed by atoms with Gasteiger partial charge in [0.15, 0.2) is 0 Å². The summed E-state index contributed by atoms with van der Waals surface area (Å²) >= 11 is 0. The van der Waals surface area contributed by atoms with E-state index in [1.165, 1.54) is 11.8 Å². The number of carbonyl (C=O) groups is 1. The first-order valence-corrected chi connectivity index (χ1v) is 4.75. The number of carbonyl (C=O) groups excluding carboxylic acids is 1. The van der Waals surface area contributed by atoms with Gasteiger partial charge in [-0.25, -0.2) is 4.68 Å². The lowest BCUT2D eigenvalue weighted by Gasteiger charge is -2.03. The molecule has 0 bridgehead atoms. The minimum Gasteiger partial charge on any atom is -0.375 e. The molecule has 1 heterocycles. The third-order valence-corrected chi connectivity index (χ3v) is 2.31. The zero-order chi connectivity index (χ0) is 10.6. The van der Waals surface area contributed by atoms with Crippen LogP contribution in [-0.2, 0) is 4.74 Å². The van der Waals surface area contributed by atoms with Gasteiger partial charge in [0.1, 0.15) is 6.61 Å². The second kappa shape index (κ2) is 4.91. The molecule has 1 aromatic rings. The van der Waals surface area contributed by atoms with Crippen LogP contribution in [0, 0.1) is 0 Å². The lowest BCUT2D eigenvalue weighted by molar-refractivity contribution is 0.0745. The summed E-state index contributed by atoms with van der Waals surface area (Å²) in [6.07, 6.45) is 4.56. The van der Waals surface area contributed by atoms with Crippen molar-refractivity contribution in [3.8, 4) is 0 Å². The number of ether oxygens (including phenoxy) is 1. The molecule has 0 amide bonds. The number of hydrogen-bond donors (Lipinski definition) is 0. The Bertz CT molecular complexity index is 307. The maximum atomic E-state index is 11.3. The van der Waals surface area contributed by atoms with Gasteiger partial charge in [-0.1, -0.05) is 13.8 Å². The summed E-state index contributed by atoms with van der Waals surface area (Å²) in [5.41, 5.74) is 1.09. The van der Waals surface area contributed by atoms with Crippen LogP contribution in [0.15, 0.2) is 12.4 Å². The predicted molar refractivity (Wildman–Crippen MR) is 53.4 cm³/mol. The summed E-state index contributed by atoms with van der Waals surface area (Å²) in [7, 11) is 1.50. The van der Waals surface area contributed by atoms with Crippen LogP contribution in [0.4, 0.5) is 0 Å². The summed E-state index contributed by atoms with van der Waals surface area (Å²) in [6.45, 7) is 4.29. The smallest absolute Gasteiger partial charge is 0.272 e. The van der Waals surface area contributed by atoms with Gasteiger partial charge in [0, 0.05) is 13.3 Å². The number of aromatic nitrogens is 2. The van der Waals surface area contributed by atoms with Crippen molar-refractivity contribution in [1.29, 1.82) is 0 Å². The van der Waals surface area contributed by atoms with E-state index < -0.39 is 0 Å². The van der Waals surface area contributed by atoms with E-state index in [2.05, 4.69) is 18.9 Å². The van der Waals surface area contributed by atoms with Gasteiger partial charge in [-0.3, -0.25) is 4.79 Å². The quantitative estimate of drug-likeness (QED) is 0.736. The van der Waals surface area contributed by atoms with E-state index in [0.717, 1.165) is 12.0 Å². The van der Waals surface area contributed by atoms with Crippen LogP contribution in [0.2, 0.25) is 0 Å². The molecule has 0 aliphatic rings. The fourth-order valence-corrected chi connectivity index (χ4v) is 1.15. The summed E-state index contributed by atoms with van der Waals surface area (Å²) in [5.74, 6) is 0.307. The highest BCUT2D eigenvalue weighted by molar-refractivity contribution is 5.79. The Balaban J connectivity index is 2.72. The topological polar surface area (TPSA) is 44.1 Å². The molecule has 0 fully saturated rings. The van der Waals surface area contributed by atoms with E-state index in [1.54, 1.807) is 12.4 Å². The monoisotopic (exact) mass is 196 g/mol. The molecule has 0 aliphatic carbocycles. The Morgan fingerprint density at radius 1 is 1.71 bits per heavy atom. The van der Waals surface area contributed by atoms with Gasteiger partial charge in [-0.2, -0.15) is 5.10 Å². The number of rotatable bonds is 4. The van der Waals surface area contributed by atoms with E-state index in [-0.39, 0.29) is 12.5 Å². The molecule has 0 aromatic carbocycles. The van der Waals surface area contributed by atoms with Gasteiger partial charge < -0.3 is 4.74 Å². The van der Waals surface area contributed by atoms with Crippen molar-refractivity contribution in [2.24, 2.45) is 0 Å². The molecule has 1 atom stereocenters. The Morgan fingerprint density at radius 2 is 2.43 bits per heavy atom. The fourth-order valence-electron chi connectivity index (χ4n) is 1.15. The van der Waals surface area contributed by atoms with Crippen molar-refractivity contribution >= 4 is 5.91 Å². The standard InChI is InChI=1S/C10H16N2O2/c1-4-8(2)9-5-11-12(6-9)10(13)7-14-3/h5-6,8H,4,7H2,1-3H3. The SMILES string of the molecule is CCC(C)c1cnn(C(=O)COC)c1. The Hall–Kier alpha value is -1.16. The molecule has 1 rings (SSSR count). The second-order valence-corrected chi connectivity index (χ2v) is 3.35. The Kier molecular flexibility index (Phi) is 3.83. The maximum absolute atomic E-state index is 11.3. The largest absolute Gasteiger partial charge is 0.375 e. The van der Waals surface area contributed by atoms with Gasteiger partial charge in [0.2, 0.25) is 0 Å². The van der Waals surface area contributed by atoms with Crippen molar-refractivity contribution in [3.63, 3.8) is 0 Å². The van der Waals surface area contributed by atoms with Crippen molar-refractivity contribution in [1.82, 2.24) is 9.78 Å². The number of methoxy groups -OCH3 is 1. The molecule has 0 aliphatic heterocycles. The molecule has 1 unspecified atom stereocenters. The van der Waals surface area contributed by atoms with Crippen molar-refractivity contribution in [2.45, 2.75) is 26.2 Å². The zero-order valence-electron chi connectivity index (χ0n) is 8.86. The molecule has 0 saturated heterocycles. The maximum Gasteiger partial charge on any atom is 0.272 e. The summed E-state index contributed by atoms with van der Waals surface area (Å²) in [5, 5.41) is 3.99. The molecule has 4 nitrogen and oxygen atoms in total. The van der Waals surface area contributed by atoms with Gasteiger partial charge in [-0.05, 0) is 17.9 Å². The molecule has 14 heavy (non-hydrogen) atoms. The minimum atomic E-state index is -0.137. The van der Waals surface area contributed by atoms with Gasteiger partial charge in [0.25, 0.3) is 5.91 Å². The summed E-state index contributed by atoms with van der Waals surface area (Å²) in [4.78, 5) is 11.3. The highest BCUT2D eigenvalue weighted by Gasteiger charge is 2.09. The lowest BCUT2D eigenvalue weighted by atomic mass is 10.0. The average Bonchev–Trinajstić information content (AvgIpc) is 2.66. The molecular formula is C10H16N2O2. The molecule has 0 saturated carbocycles. The number of hydrogen-bond acceptors (Lipinski definition) is 3. The average molecular weight is 196 g/mol. The first-order valence-electron chi connectivity index (χ1n) is 4.75. The zero-order valence-corrected chi connectivity index (χ0v) is 8.86. The highest BCUT2D eigenvalue weighted by Crippen LogP contribution is 2.16. The molecule has 0 radical (unpaired) electrons.